The summed E-state index contributed by atoms with van der Waals surface area (Å²) in [7, 11) is 4.04. The molecule has 15 heavy (non-hydrogen) atoms. The van der Waals surface area contributed by atoms with Crippen LogP contribution in [0.25, 0.3) is 0 Å². The smallest absolute Gasteiger partial charge is 0.220 e. The zero-order chi connectivity index (χ0) is 10.8. The summed E-state index contributed by atoms with van der Waals surface area (Å²) in [5, 5.41) is 0. The largest absolute Gasteiger partial charge is 0.333 e. The van der Waals surface area contributed by atoms with Crippen LogP contribution in [0.5, 0.6) is 0 Å². The highest BCUT2D eigenvalue weighted by molar-refractivity contribution is 5.88. The first-order chi connectivity index (χ1) is 7.26. The molecule has 2 aliphatic heterocycles. The Bertz CT molecular complexity index is 270. The van der Waals surface area contributed by atoms with Crippen molar-refractivity contribution >= 4 is 12.2 Å². The van der Waals surface area contributed by atoms with E-state index in [1.54, 1.807) is 0 Å². The van der Waals surface area contributed by atoms with Gasteiger partial charge in [-0.2, -0.15) is 0 Å². The van der Waals surface area contributed by atoms with Crippen LogP contribution in [-0.2, 0) is 0 Å². The summed E-state index contributed by atoms with van der Waals surface area (Å²) in [6.45, 7) is 4.24. The molecule has 2 unspecified atom stereocenters. The highest BCUT2D eigenvalue weighted by atomic mass is 15.4. The Morgan fingerprint density at radius 2 is 1.87 bits per heavy atom. The van der Waals surface area contributed by atoms with Crippen LogP contribution in [-0.4, -0.2) is 61.2 Å². The minimum atomic E-state index is 0.621. The van der Waals surface area contributed by atoms with E-state index in [-0.39, 0.29) is 0 Å². The van der Waals surface area contributed by atoms with Gasteiger partial charge in [-0.05, 0) is 26.8 Å². The van der Waals surface area contributed by atoms with Gasteiger partial charge in [-0.15, -0.1) is 0 Å². The number of likely N-dealkylation sites (tertiary alicyclic amines) is 1. The molecule has 2 bridgehead atoms. The lowest BCUT2D eigenvalue weighted by molar-refractivity contribution is 0.143. The molecule has 0 aliphatic carbocycles. The maximum atomic E-state index is 4.36. The fraction of sp³-hybridized carbons (Fsp3) is 0.818. The molecular formula is C11H20N4. The summed E-state index contributed by atoms with van der Waals surface area (Å²) in [5.41, 5.74) is 0. The van der Waals surface area contributed by atoms with E-state index in [4.69, 9.17) is 0 Å². The Kier molecular flexibility index (Phi) is 3.05. The van der Waals surface area contributed by atoms with E-state index in [2.05, 4.69) is 26.8 Å². The maximum absolute atomic E-state index is 4.36. The Balaban J connectivity index is 2.17. The van der Waals surface area contributed by atoms with Crippen LogP contribution in [0.2, 0.25) is 0 Å². The molecule has 2 heterocycles. The second kappa shape index (κ2) is 4.31. The predicted octanol–water partition coefficient (Wildman–Crippen LogP) is 0.841. The second-order valence-electron chi connectivity index (χ2n) is 4.42. The minimum Gasteiger partial charge on any atom is -0.333 e. The van der Waals surface area contributed by atoms with E-state index in [0.717, 1.165) is 19.0 Å². The number of hydrogen-bond acceptors (Lipinski definition) is 2. The number of rotatable bonds is 0. The molecule has 2 rings (SSSR count). The van der Waals surface area contributed by atoms with Crippen molar-refractivity contribution in [2.24, 2.45) is 9.98 Å². The summed E-state index contributed by atoms with van der Waals surface area (Å²) in [6.07, 6.45) is 4.40. The third-order valence-corrected chi connectivity index (χ3v) is 3.34. The summed E-state index contributed by atoms with van der Waals surface area (Å²) < 4.78 is 0. The van der Waals surface area contributed by atoms with Crippen molar-refractivity contribution in [3.8, 4) is 0 Å². The van der Waals surface area contributed by atoms with Crippen molar-refractivity contribution in [1.82, 2.24) is 9.80 Å². The Labute approximate surface area is 91.7 Å². The van der Waals surface area contributed by atoms with Gasteiger partial charge in [-0.3, -0.25) is 4.99 Å². The molecule has 4 heteroatoms. The van der Waals surface area contributed by atoms with Crippen LogP contribution in [0.4, 0.5) is 0 Å². The summed E-state index contributed by atoms with van der Waals surface area (Å²) >= 11 is 0. The van der Waals surface area contributed by atoms with E-state index < -0.39 is 0 Å². The van der Waals surface area contributed by atoms with Crippen molar-refractivity contribution in [2.75, 3.05) is 27.2 Å². The predicted molar refractivity (Wildman–Crippen MR) is 63.7 cm³/mol. The number of likely N-dealkylation sites (N-methyl/N-ethyl adjacent to an activating group) is 1. The molecule has 0 amide bonds. The number of aliphatic imine (C=N–C) groups is 2. The van der Waals surface area contributed by atoms with Crippen molar-refractivity contribution in [2.45, 2.75) is 31.8 Å². The van der Waals surface area contributed by atoms with Gasteiger partial charge in [0.25, 0.3) is 0 Å². The first kappa shape index (κ1) is 10.6. The lowest BCUT2D eigenvalue weighted by Gasteiger charge is -2.39. The molecule has 2 saturated heterocycles. The van der Waals surface area contributed by atoms with Crippen LogP contribution in [0, 0.1) is 0 Å². The fourth-order valence-corrected chi connectivity index (χ4v) is 2.80. The first-order valence-corrected chi connectivity index (χ1v) is 5.68. The zero-order valence-corrected chi connectivity index (χ0v) is 9.85. The van der Waals surface area contributed by atoms with Crippen LogP contribution in [0.1, 0.15) is 19.8 Å². The van der Waals surface area contributed by atoms with E-state index in [1.165, 1.54) is 12.8 Å². The minimum absolute atomic E-state index is 0.621. The highest BCUT2D eigenvalue weighted by Gasteiger charge is 2.40. The van der Waals surface area contributed by atoms with Gasteiger partial charge in [0, 0.05) is 38.4 Å². The Morgan fingerprint density at radius 3 is 2.33 bits per heavy atom. The number of nitrogens with zero attached hydrogens (tertiary/aromatic N) is 4. The topological polar surface area (TPSA) is 31.2 Å². The SMILES string of the molecule is C/C=N\C(=N/C)N1C2CCC1CN(C)C2. The Hall–Kier alpha value is -0.900. The molecule has 2 atom stereocenters. The quantitative estimate of drug-likeness (QED) is 0.436. The van der Waals surface area contributed by atoms with E-state index in [9.17, 15) is 0 Å². The lowest BCUT2D eigenvalue weighted by Crippen LogP contribution is -2.54. The standard InChI is InChI=1S/C11H20N4/c1-4-13-11(12-2)15-9-5-6-10(15)8-14(3)7-9/h4,9-10H,5-8H2,1-3H3/b12-11+,13-4-. The Morgan fingerprint density at radius 1 is 1.27 bits per heavy atom. The van der Waals surface area contributed by atoms with Gasteiger partial charge < -0.3 is 9.80 Å². The zero-order valence-electron chi connectivity index (χ0n) is 9.85. The average molecular weight is 208 g/mol. The molecule has 0 aromatic heterocycles. The van der Waals surface area contributed by atoms with Crippen molar-refractivity contribution in [3.63, 3.8) is 0 Å². The first-order valence-electron chi connectivity index (χ1n) is 5.68. The van der Waals surface area contributed by atoms with Gasteiger partial charge in [-0.25, -0.2) is 4.99 Å². The molecule has 0 spiro atoms. The molecule has 2 fully saturated rings. The molecule has 0 aromatic rings. The lowest BCUT2D eigenvalue weighted by atomic mass is 10.2. The van der Waals surface area contributed by atoms with E-state index >= 15 is 0 Å². The third-order valence-electron chi connectivity index (χ3n) is 3.34. The van der Waals surface area contributed by atoms with Crippen LogP contribution >= 0.6 is 0 Å². The van der Waals surface area contributed by atoms with Gasteiger partial charge in [-0.1, -0.05) is 0 Å². The molecule has 0 aromatic carbocycles. The van der Waals surface area contributed by atoms with Gasteiger partial charge in [0.15, 0.2) is 0 Å². The molecule has 84 valence electrons. The third kappa shape index (κ3) is 1.91. The van der Waals surface area contributed by atoms with Gasteiger partial charge in [0.1, 0.15) is 0 Å². The van der Waals surface area contributed by atoms with E-state index in [0.29, 0.717) is 12.1 Å². The maximum Gasteiger partial charge on any atom is 0.220 e. The monoisotopic (exact) mass is 208 g/mol. The van der Waals surface area contributed by atoms with Crippen molar-refractivity contribution in [1.29, 1.82) is 0 Å². The van der Waals surface area contributed by atoms with Gasteiger partial charge >= 0.3 is 0 Å². The molecule has 0 saturated carbocycles. The van der Waals surface area contributed by atoms with E-state index in [1.807, 2.05) is 20.2 Å². The number of guanidine groups is 1. The van der Waals surface area contributed by atoms with Gasteiger partial charge in [0.2, 0.25) is 5.96 Å². The molecular weight excluding hydrogens is 188 g/mol. The highest BCUT2D eigenvalue weighted by Crippen LogP contribution is 2.29. The molecule has 0 N–H and O–H groups in total. The van der Waals surface area contributed by atoms with Crippen molar-refractivity contribution < 1.29 is 0 Å². The molecule has 2 aliphatic rings. The number of fused-ring (bicyclic) bond motifs is 2. The second-order valence-corrected chi connectivity index (χ2v) is 4.42. The van der Waals surface area contributed by atoms with Gasteiger partial charge in [0.05, 0.1) is 0 Å². The molecule has 4 nitrogen and oxygen atoms in total. The van der Waals surface area contributed by atoms with Crippen LogP contribution in [0.15, 0.2) is 9.98 Å². The van der Waals surface area contributed by atoms with Crippen LogP contribution in [0.3, 0.4) is 0 Å². The number of hydrogen-bond donors (Lipinski definition) is 0. The number of piperazine rings is 1. The summed E-state index contributed by atoms with van der Waals surface area (Å²) in [6, 6.07) is 1.24. The van der Waals surface area contributed by atoms with Crippen molar-refractivity contribution in [3.05, 3.63) is 0 Å². The summed E-state index contributed by atoms with van der Waals surface area (Å²) in [4.78, 5) is 13.5. The summed E-state index contributed by atoms with van der Waals surface area (Å²) in [5.74, 6) is 0.915. The fourth-order valence-electron chi connectivity index (χ4n) is 2.80. The van der Waals surface area contributed by atoms with Crippen LogP contribution < -0.4 is 0 Å². The normalized spacial score (nSPS) is 33.0. The molecule has 0 radical (unpaired) electrons. The average Bonchev–Trinajstić information content (AvgIpc) is 2.47.